The Morgan fingerprint density at radius 2 is 2.11 bits per heavy atom. The van der Waals surface area contributed by atoms with Crippen molar-refractivity contribution >= 4 is 11.6 Å². The molecule has 18 heavy (non-hydrogen) atoms. The summed E-state index contributed by atoms with van der Waals surface area (Å²) in [7, 11) is 0. The molecule has 0 radical (unpaired) electrons. The second kappa shape index (κ2) is 7.01. The van der Waals surface area contributed by atoms with E-state index in [1.54, 1.807) is 0 Å². The molecule has 0 unspecified atom stereocenters. The summed E-state index contributed by atoms with van der Waals surface area (Å²) >= 11 is 5.91. The molecule has 1 saturated carbocycles. The van der Waals surface area contributed by atoms with Crippen LogP contribution in [0.5, 0.6) is 5.75 Å². The van der Waals surface area contributed by atoms with Crippen LogP contribution < -0.4 is 10.1 Å². The van der Waals surface area contributed by atoms with Crippen LogP contribution >= 0.6 is 11.6 Å². The fourth-order valence-corrected chi connectivity index (χ4v) is 2.76. The maximum Gasteiger partial charge on any atom is 0.122 e. The summed E-state index contributed by atoms with van der Waals surface area (Å²) in [6.45, 7) is 4.80. The first-order valence-corrected chi connectivity index (χ1v) is 7.23. The lowest BCUT2D eigenvalue weighted by Gasteiger charge is -2.12. The second-order valence-electron chi connectivity index (χ2n) is 5.11. The monoisotopic (exact) mass is 267 g/mol. The Balaban J connectivity index is 1.62. The van der Waals surface area contributed by atoms with Crippen molar-refractivity contribution in [2.24, 2.45) is 5.92 Å². The van der Waals surface area contributed by atoms with Crippen LogP contribution in [-0.2, 0) is 0 Å². The summed E-state index contributed by atoms with van der Waals surface area (Å²) < 4.78 is 5.74. The van der Waals surface area contributed by atoms with Gasteiger partial charge in [0.2, 0.25) is 0 Å². The van der Waals surface area contributed by atoms with Crippen molar-refractivity contribution in [1.29, 1.82) is 0 Å². The van der Waals surface area contributed by atoms with Crippen LogP contribution in [0, 0.1) is 12.8 Å². The van der Waals surface area contributed by atoms with Crippen LogP contribution in [-0.4, -0.2) is 19.7 Å². The average molecular weight is 268 g/mol. The van der Waals surface area contributed by atoms with Gasteiger partial charge in [0.15, 0.2) is 0 Å². The molecular weight excluding hydrogens is 246 g/mol. The van der Waals surface area contributed by atoms with Gasteiger partial charge in [-0.15, -0.1) is 0 Å². The van der Waals surface area contributed by atoms with Gasteiger partial charge in [-0.3, -0.25) is 0 Å². The Bertz CT molecular complexity index is 375. The van der Waals surface area contributed by atoms with Crippen molar-refractivity contribution in [2.75, 3.05) is 19.7 Å². The molecule has 0 aliphatic heterocycles. The van der Waals surface area contributed by atoms with Crippen molar-refractivity contribution in [1.82, 2.24) is 5.32 Å². The van der Waals surface area contributed by atoms with Gasteiger partial charge in [-0.1, -0.05) is 24.4 Å². The molecule has 1 aromatic carbocycles. The molecule has 1 aliphatic rings. The van der Waals surface area contributed by atoms with Gasteiger partial charge in [0, 0.05) is 11.6 Å². The zero-order chi connectivity index (χ0) is 12.8. The lowest BCUT2D eigenvalue weighted by molar-refractivity contribution is 0.307. The van der Waals surface area contributed by atoms with Gasteiger partial charge in [-0.2, -0.15) is 0 Å². The predicted octanol–water partition coefficient (Wildman–Crippen LogP) is 3.81. The van der Waals surface area contributed by atoms with Crippen molar-refractivity contribution < 1.29 is 4.74 Å². The number of benzene rings is 1. The SMILES string of the molecule is Cc1cc(Cl)ccc1OCCNCC1CCCC1. The highest BCUT2D eigenvalue weighted by molar-refractivity contribution is 6.30. The molecule has 100 valence electrons. The summed E-state index contributed by atoms with van der Waals surface area (Å²) in [5.41, 5.74) is 1.10. The molecule has 0 saturated heterocycles. The van der Waals surface area contributed by atoms with E-state index in [9.17, 15) is 0 Å². The molecule has 1 fully saturated rings. The molecule has 1 aliphatic carbocycles. The Kier molecular flexibility index (Phi) is 5.33. The maximum absolute atomic E-state index is 5.91. The van der Waals surface area contributed by atoms with E-state index < -0.39 is 0 Å². The number of rotatable bonds is 6. The number of aryl methyl sites for hydroxylation is 1. The molecule has 2 nitrogen and oxygen atoms in total. The van der Waals surface area contributed by atoms with Gasteiger partial charge < -0.3 is 10.1 Å². The third-order valence-electron chi connectivity index (χ3n) is 3.58. The highest BCUT2D eigenvalue weighted by Crippen LogP contribution is 2.23. The van der Waals surface area contributed by atoms with Crippen LogP contribution in [0.25, 0.3) is 0 Å². The highest BCUT2D eigenvalue weighted by atomic mass is 35.5. The molecule has 0 atom stereocenters. The standard InChI is InChI=1S/C15H22ClNO/c1-12-10-14(16)6-7-15(12)18-9-8-17-11-13-4-2-3-5-13/h6-7,10,13,17H,2-5,8-9,11H2,1H3. The number of hydrogen-bond acceptors (Lipinski definition) is 2. The zero-order valence-corrected chi connectivity index (χ0v) is 11.8. The first-order chi connectivity index (χ1) is 8.75. The molecule has 0 amide bonds. The summed E-state index contributed by atoms with van der Waals surface area (Å²) in [6.07, 6.45) is 5.61. The van der Waals surface area contributed by atoms with E-state index in [2.05, 4.69) is 5.32 Å². The second-order valence-corrected chi connectivity index (χ2v) is 5.55. The molecule has 0 aromatic heterocycles. The molecule has 0 spiro atoms. The van der Waals surface area contributed by atoms with Gasteiger partial charge in [0.25, 0.3) is 0 Å². The first-order valence-electron chi connectivity index (χ1n) is 6.85. The number of hydrogen-bond donors (Lipinski definition) is 1. The fourth-order valence-electron chi connectivity index (χ4n) is 2.53. The van der Waals surface area contributed by atoms with Crippen LogP contribution in [0.15, 0.2) is 18.2 Å². The fraction of sp³-hybridized carbons (Fsp3) is 0.600. The van der Waals surface area contributed by atoms with E-state index in [4.69, 9.17) is 16.3 Å². The van der Waals surface area contributed by atoms with Crippen LogP contribution in [0.3, 0.4) is 0 Å². The van der Waals surface area contributed by atoms with Crippen molar-refractivity contribution in [3.63, 3.8) is 0 Å². The van der Waals surface area contributed by atoms with E-state index in [1.165, 1.54) is 25.7 Å². The van der Waals surface area contributed by atoms with Crippen LogP contribution in [0.4, 0.5) is 0 Å². The third-order valence-corrected chi connectivity index (χ3v) is 3.82. The minimum absolute atomic E-state index is 0.717. The minimum atomic E-state index is 0.717. The van der Waals surface area contributed by atoms with E-state index in [0.29, 0.717) is 0 Å². The van der Waals surface area contributed by atoms with E-state index in [0.717, 1.165) is 41.9 Å². The summed E-state index contributed by atoms with van der Waals surface area (Å²) in [4.78, 5) is 0. The minimum Gasteiger partial charge on any atom is -0.492 e. The predicted molar refractivity (Wildman–Crippen MR) is 76.5 cm³/mol. The largest absolute Gasteiger partial charge is 0.492 e. The van der Waals surface area contributed by atoms with Gasteiger partial charge >= 0.3 is 0 Å². The van der Waals surface area contributed by atoms with Crippen molar-refractivity contribution in [3.8, 4) is 5.75 Å². The molecule has 2 rings (SSSR count). The number of halogens is 1. The zero-order valence-electron chi connectivity index (χ0n) is 11.0. The van der Waals surface area contributed by atoms with Crippen molar-refractivity contribution in [3.05, 3.63) is 28.8 Å². The Morgan fingerprint density at radius 1 is 1.33 bits per heavy atom. The lowest BCUT2D eigenvalue weighted by Crippen LogP contribution is -2.26. The van der Waals surface area contributed by atoms with Crippen LogP contribution in [0.1, 0.15) is 31.2 Å². The van der Waals surface area contributed by atoms with E-state index in [-0.39, 0.29) is 0 Å². The molecule has 3 heteroatoms. The van der Waals surface area contributed by atoms with Gasteiger partial charge in [0.1, 0.15) is 12.4 Å². The third kappa shape index (κ3) is 4.18. The molecule has 1 N–H and O–H groups in total. The number of ether oxygens (including phenoxy) is 1. The van der Waals surface area contributed by atoms with Crippen LogP contribution in [0.2, 0.25) is 5.02 Å². The van der Waals surface area contributed by atoms with Crippen molar-refractivity contribution in [2.45, 2.75) is 32.6 Å². The molecule has 0 heterocycles. The smallest absolute Gasteiger partial charge is 0.122 e. The average Bonchev–Trinajstić information content (AvgIpc) is 2.84. The Hall–Kier alpha value is -0.730. The first kappa shape index (κ1) is 13.7. The number of nitrogens with one attached hydrogen (secondary N) is 1. The molecular formula is C15H22ClNO. The lowest BCUT2D eigenvalue weighted by atomic mass is 10.1. The van der Waals surface area contributed by atoms with Gasteiger partial charge in [0.05, 0.1) is 0 Å². The maximum atomic E-state index is 5.91. The Labute approximate surface area is 115 Å². The van der Waals surface area contributed by atoms with Gasteiger partial charge in [-0.05, 0) is 56.0 Å². The van der Waals surface area contributed by atoms with E-state index in [1.807, 2.05) is 25.1 Å². The quantitative estimate of drug-likeness (QED) is 0.792. The summed E-state index contributed by atoms with van der Waals surface area (Å²) in [5.74, 6) is 1.82. The highest BCUT2D eigenvalue weighted by Gasteiger charge is 2.13. The Morgan fingerprint density at radius 3 is 2.83 bits per heavy atom. The van der Waals surface area contributed by atoms with E-state index >= 15 is 0 Å². The van der Waals surface area contributed by atoms with Gasteiger partial charge in [-0.25, -0.2) is 0 Å². The normalized spacial score (nSPS) is 16.1. The summed E-state index contributed by atoms with van der Waals surface area (Å²) in [6, 6.07) is 5.74. The molecule has 0 bridgehead atoms. The topological polar surface area (TPSA) is 21.3 Å². The summed E-state index contributed by atoms with van der Waals surface area (Å²) in [5, 5.41) is 4.24. The molecule has 1 aromatic rings.